The van der Waals surface area contributed by atoms with Crippen molar-refractivity contribution in [1.29, 1.82) is 0 Å². The molecule has 1 unspecified atom stereocenters. The van der Waals surface area contributed by atoms with Gasteiger partial charge in [-0.3, -0.25) is 9.79 Å². The van der Waals surface area contributed by atoms with E-state index in [0.29, 0.717) is 5.91 Å². The quantitative estimate of drug-likeness (QED) is 0.570. The molecule has 1 aliphatic heterocycles. The Balaban J connectivity index is 1.43. The van der Waals surface area contributed by atoms with E-state index in [0.717, 1.165) is 51.4 Å². The van der Waals surface area contributed by atoms with E-state index in [1.807, 2.05) is 0 Å². The van der Waals surface area contributed by atoms with Crippen LogP contribution in [0.1, 0.15) is 49.7 Å². The van der Waals surface area contributed by atoms with Gasteiger partial charge in [0.15, 0.2) is 5.96 Å². The Morgan fingerprint density at radius 1 is 1.10 bits per heavy atom. The SMILES string of the molecule is CN=C(NCc1ccc(CN(C)C)cc1)NC1CCN(C(=O)C2CCCCC2)C1. The molecule has 6 heteroatoms. The normalized spacial score (nSPS) is 20.9. The number of guanidine groups is 1. The van der Waals surface area contributed by atoms with Gasteiger partial charge >= 0.3 is 0 Å². The van der Waals surface area contributed by atoms with Gasteiger partial charge in [-0.25, -0.2) is 0 Å². The first-order chi connectivity index (χ1) is 14.0. The van der Waals surface area contributed by atoms with Crippen LogP contribution in [0.15, 0.2) is 29.3 Å². The van der Waals surface area contributed by atoms with Crippen molar-refractivity contribution in [1.82, 2.24) is 20.4 Å². The zero-order valence-electron chi connectivity index (χ0n) is 18.3. The second kappa shape index (κ2) is 10.6. The summed E-state index contributed by atoms with van der Waals surface area (Å²) in [5.41, 5.74) is 2.55. The van der Waals surface area contributed by atoms with Crippen LogP contribution in [0, 0.1) is 5.92 Å². The number of nitrogens with zero attached hydrogens (tertiary/aromatic N) is 3. The summed E-state index contributed by atoms with van der Waals surface area (Å²) in [6.45, 7) is 3.33. The first-order valence-electron chi connectivity index (χ1n) is 11.0. The smallest absolute Gasteiger partial charge is 0.225 e. The second-order valence-electron chi connectivity index (χ2n) is 8.73. The summed E-state index contributed by atoms with van der Waals surface area (Å²) in [6, 6.07) is 8.97. The van der Waals surface area contributed by atoms with Gasteiger partial charge in [-0.05, 0) is 44.5 Å². The van der Waals surface area contributed by atoms with Crippen molar-refractivity contribution < 1.29 is 4.79 Å². The van der Waals surface area contributed by atoms with Crippen molar-refractivity contribution in [3.63, 3.8) is 0 Å². The molecule has 2 N–H and O–H groups in total. The van der Waals surface area contributed by atoms with Crippen molar-refractivity contribution >= 4 is 11.9 Å². The maximum atomic E-state index is 12.8. The minimum absolute atomic E-state index is 0.260. The lowest BCUT2D eigenvalue weighted by Crippen LogP contribution is -2.45. The Hall–Kier alpha value is -2.08. The average molecular weight is 400 g/mol. The number of aliphatic imine (C=N–C) groups is 1. The van der Waals surface area contributed by atoms with Crippen LogP contribution in [0.3, 0.4) is 0 Å². The summed E-state index contributed by atoms with van der Waals surface area (Å²) in [4.78, 5) is 21.4. The van der Waals surface area contributed by atoms with Crippen LogP contribution in [-0.4, -0.2) is 61.9 Å². The first-order valence-corrected chi connectivity index (χ1v) is 11.0. The van der Waals surface area contributed by atoms with Crippen LogP contribution < -0.4 is 10.6 Å². The number of benzene rings is 1. The van der Waals surface area contributed by atoms with E-state index >= 15 is 0 Å². The second-order valence-corrected chi connectivity index (χ2v) is 8.73. The third kappa shape index (κ3) is 6.46. The Bertz CT molecular complexity index is 679. The first kappa shape index (κ1) is 21.6. The number of nitrogens with one attached hydrogen (secondary N) is 2. The van der Waals surface area contributed by atoms with Crippen LogP contribution in [0.5, 0.6) is 0 Å². The summed E-state index contributed by atoms with van der Waals surface area (Å²) < 4.78 is 0. The lowest BCUT2D eigenvalue weighted by Gasteiger charge is -2.26. The molecule has 160 valence electrons. The van der Waals surface area contributed by atoms with Crippen molar-refractivity contribution in [3.05, 3.63) is 35.4 Å². The van der Waals surface area contributed by atoms with Crippen LogP contribution >= 0.6 is 0 Å². The molecule has 1 amide bonds. The summed E-state index contributed by atoms with van der Waals surface area (Å²) in [5.74, 6) is 1.43. The summed E-state index contributed by atoms with van der Waals surface area (Å²) in [7, 11) is 5.96. The molecule has 2 fully saturated rings. The van der Waals surface area contributed by atoms with Crippen LogP contribution in [-0.2, 0) is 17.9 Å². The lowest BCUT2D eigenvalue weighted by molar-refractivity contribution is -0.135. The molecule has 3 rings (SSSR count). The highest BCUT2D eigenvalue weighted by molar-refractivity contribution is 5.81. The number of carbonyl (C=O) groups is 1. The van der Waals surface area contributed by atoms with Crippen LogP contribution in [0.2, 0.25) is 0 Å². The van der Waals surface area contributed by atoms with Gasteiger partial charge in [0.2, 0.25) is 5.91 Å². The van der Waals surface area contributed by atoms with E-state index in [9.17, 15) is 4.79 Å². The molecule has 0 radical (unpaired) electrons. The lowest BCUT2D eigenvalue weighted by atomic mass is 9.88. The van der Waals surface area contributed by atoms with E-state index in [1.165, 1.54) is 30.4 Å². The molecule has 0 aromatic heterocycles. The molecule has 1 aromatic carbocycles. The van der Waals surface area contributed by atoms with E-state index < -0.39 is 0 Å². The van der Waals surface area contributed by atoms with E-state index in [-0.39, 0.29) is 12.0 Å². The molecular weight excluding hydrogens is 362 g/mol. The van der Waals surface area contributed by atoms with E-state index in [2.05, 4.69) is 63.8 Å². The minimum atomic E-state index is 0.260. The highest BCUT2D eigenvalue weighted by atomic mass is 16.2. The topological polar surface area (TPSA) is 60.0 Å². The highest BCUT2D eigenvalue weighted by Gasteiger charge is 2.31. The number of hydrogen-bond acceptors (Lipinski definition) is 3. The van der Waals surface area contributed by atoms with Gasteiger partial charge in [0, 0.05) is 45.2 Å². The van der Waals surface area contributed by atoms with E-state index in [4.69, 9.17) is 0 Å². The van der Waals surface area contributed by atoms with E-state index in [1.54, 1.807) is 7.05 Å². The molecule has 1 aliphatic carbocycles. The number of likely N-dealkylation sites (tertiary alicyclic amines) is 1. The summed E-state index contributed by atoms with van der Waals surface area (Å²) in [5, 5.41) is 6.90. The minimum Gasteiger partial charge on any atom is -0.352 e. The largest absolute Gasteiger partial charge is 0.352 e. The molecule has 0 bridgehead atoms. The Morgan fingerprint density at radius 2 is 1.79 bits per heavy atom. The van der Waals surface area contributed by atoms with Gasteiger partial charge in [-0.2, -0.15) is 0 Å². The summed E-state index contributed by atoms with van der Waals surface area (Å²) in [6.07, 6.45) is 6.83. The fourth-order valence-corrected chi connectivity index (χ4v) is 4.39. The maximum absolute atomic E-state index is 12.8. The van der Waals surface area contributed by atoms with Gasteiger partial charge in [0.05, 0.1) is 0 Å². The predicted octanol–water partition coefficient (Wildman–Crippen LogP) is 2.59. The molecule has 2 aliphatic rings. The van der Waals surface area contributed by atoms with Crippen LogP contribution in [0.4, 0.5) is 0 Å². The molecule has 1 saturated carbocycles. The van der Waals surface area contributed by atoms with Crippen molar-refractivity contribution in [2.75, 3.05) is 34.2 Å². The standard InChI is InChI=1S/C23H37N5O/c1-24-23(25-15-18-9-11-19(12-10-18)16-27(2)3)26-21-13-14-28(17-21)22(29)20-7-5-4-6-8-20/h9-12,20-21H,4-8,13-17H2,1-3H3,(H2,24,25,26). The zero-order chi connectivity index (χ0) is 20.6. The monoisotopic (exact) mass is 399 g/mol. The molecular formula is C23H37N5O. The average Bonchev–Trinajstić information content (AvgIpc) is 3.20. The number of rotatable bonds is 6. The van der Waals surface area contributed by atoms with Gasteiger partial charge in [0.25, 0.3) is 0 Å². The fourth-order valence-electron chi connectivity index (χ4n) is 4.39. The molecule has 1 atom stereocenters. The molecule has 1 aromatic rings. The Morgan fingerprint density at radius 3 is 2.45 bits per heavy atom. The predicted molar refractivity (Wildman–Crippen MR) is 119 cm³/mol. The summed E-state index contributed by atoms with van der Waals surface area (Å²) >= 11 is 0. The molecule has 1 heterocycles. The maximum Gasteiger partial charge on any atom is 0.225 e. The Kier molecular flexibility index (Phi) is 7.92. The molecule has 0 spiro atoms. The van der Waals surface area contributed by atoms with Gasteiger partial charge in [0.1, 0.15) is 0 Å². The van der Waals surface area contributed by atoms with Crippen molar-refractivity contribution in [3.8, 4) is 0 Å². The number of amides is 1. The van der Waals surface area contributed by atoms with Gasteiger partial charge in [-0.1, -0.05) is 43.5 Å². The highest BCUT2D eigenvalue weighted by Crippen LogP contribution is 2.26. The molecule has 1 saturated heterocycles. The third-order valence-electron chi connectivity index (χ3n) is 6.00. The Labute approximate surface area is 175 Å². The number of hydrogen-bond donors (Lipinski definition) is 2. The third-order valence-corrected chi connectivity index (χ3v) is 6.00. The number of carbonyl (C=O) groups excluding carboxylic acids is 1. The zero-order valence-corrected chi connectivity index (χ0v) is 18.3. The van der Waals surface area contributed by atoms with Crippen LogP contribution in [0.25, 0.3) is 0 Å². The van der Waals surface area contributed by atoms with Crippen molar-refractivity contribution in [2.24, 2.45) is 10.9 Å². The van der Waals surface area contributed by atoms with Gasteiger partial charge < -0.3 is 20.4 Å². The molecule has 29 heavy (non-hydrogen) atoms. The van der Waals surface area contributed by atoms with Gasteiger partial charge in [-0.15, -0.1) is 0 Å². The van der Waals surface area contributed by atoms with Crippen molar-refractivity contribution in [2.45, 2.75) is 57.7 Å². The fraction of sp³-hybridized carbons (Fsp3) is 0.652. The molecule has 6 nitrogen and oxygen atoms in total.